The minimum Gasteiger partial charge on any atom is -0.354 e. The summed E-state index contributed by atoms with van der Waals surface area (Å²) in [4.78, 5) is 24.8. The molecule has 0 bridgehead atoms. The lowest BCUT2D eigenvalue weighted by molar-refractivity contribution is -0.129. The fraction of sp³-hybridized carbons (Fsp3) is 0.429. The standard InChI is InChI=1S/C21H29N3O2/c1-15(2)20(21(26)23-12-6-11-22-3)24-19(25)14-16-9-10-17-7-4-5-8-18(17)13-16/h4-5,7-10,13,15,20,22H,6,11-12,14H2,1-3H3,(H,23,26)(H,24,25). The van der Waals surface area contributed by atoms with Crippen LogP contribution in [0.4, 0.5) is 0 Å². The Morgan fingerprint density at radius 1 is 1.00 bits per heavy atom. The van der Waals surface area contributed by atoms with Crippen LogP contribution < -0.4 is 16.0 Å². The van der Waals surface area contributed by atoms with Crippen molar-refractivity contribution in [2.24, 2.45) is 5.92 Å². The molecule has 3 N–H and O–H groups in total. The molecule has 2 amide bonds. The van der Waals surface area contributed by atoms with Gasteiger partial charge in [-0.3, -0.25) is 9.59 Å². The summed E-state index contributed by atoms with van der Waals surface area (Å²) in [7, 11) is 1.88. The summed E-state index contributed by atoms with van der Waals surface area (Å²) in [6, 6.07) is 13.6. The first-order valence-corrected chi connectivity index (χ1v) is 9.20. The van der Waals surface area contributed by atoms with E-state index in [9.17, 15) is 9.59 Å². The van der Waals surface area contributed by atoms with Crippen molar-refractivity contribution in [1.29, 1.82) is 0 Å². The molecule has 0 saturated carbocycles. The number of fused-ring (bicyclic) bond motifs is 1. The number of carbonyl (C=O) groups is 2. The van der Waals surface area contributed by atoms with Crippen LogP contribution in [0, 0.1) is 5.92 Å². The number of hydrogen-bond donors (Lipinski definition) is 3. The average molecular weight is 355 g/mol. The molecule has 0 heterocycles. The van der Waals surface area contributed by atoms with Crippen LogP contribution in [-0.2, 0) is 16.0 Å². The van der Waals surface area contributed by atoms with Gasteiger partial charge in [-0.1, -0.05) is 56.3 Å². The van der Waals surface area contributed by atoms with Crippen LogP contribution in [0.5, 0.6) is 0 Å². The SMILES string of the molecule is CNCCCNC(=O)C(NC(=O)Cc1ccc2ccccc2c1)C(C)C. The van der Waals surface area contributed by atoms with Crippen molar-refractivity contribution in [2.75, 3.05) is 20.1 Å². The van der Waals surface area contributed by atoms with Crippen LogP contribution in [-0.4, -0.2) is 38.0 Å². The maximum atomic E-state index is 12.4. The highest BCUT2D eigenvalue weighted by Gasteiger charge is 2.23. The Labute approximate surface area is 155 Å². The molecule has 26 heavy (non-hydrogen) atoms. The second-order valence-electron chi connectivity index (χ2n) is 6.90. The van der Waals surface area contributed by atoms with Gasteiger partial charge in [-0.15, -0.1) is 0 Å². The van der Waals surface area contributed by atoms with Crippen LogP contribution in [0.2, 0.25) is 0 Å². The Kier molecular flexibility index (Phi) is 7.60. The van der Waals surface area contributed by atoms with E-state index in [2.05, 4.69) is 16.0 Å². The zero-order chi connectivity index (χ0) is 18.9. The molecule has 5 nitrogen and oxygen atoms in total. The topological polar surface area (TPSA) is 70.2 Å². The normalized spacial score (nSPS) is 12.2. The molecule has 2 aromatic rings. The lowest BCUT2D eigenvalue weighted by atomic mass is 10.0. The van der Waals surface area contributed by atoms with Gasteiger partial charge < -0.3 is 16.0 Å². The number of nitrogens with one attached hydrogen (secondary N) is 3. The molecule has 0 aliphatic heterocycles. The van der Waals surface area contributed by atoms with E-state index in [-0.39, 0.29) is 24.2 Å². The Balaban J connectivity index is 1.94. The highest BCUT2D eigenvalue weighted by Crippen LogP contribution is 2.16. The fourth-order valence-electron chi connectivity index (χ4n) is 2.88. The molecule has 0 radical (unpaired) electrons. The summed E-state index contributed by atoms with van der Waals surface area (Å²) >= 11 is 0. The van der Waals surface area contributed by atoms with Crippen molar-refractivity contribution in [3.8, 4) is 0 Å². The van der Waals surface area contributed by atoms with E-state index in [0.29, 0.717) is 6.54 Å². The van der Waals surface area contributed by atoms with Gasteiger partial charge in [-0.05, 0) is 42.3 Å². The fourth-order valence-corrected chi connectivity index (χ4v) is 2.88. The molecule has 0 spiro atoms. The maximum Gasteiger partial charge on any atom is 0.242 e. The van der Waals surface area contributed by atoms with E-state index < -0.39 is 6.04 Å². The Morgan fingerprint density at radius 3 is 2.42 bits per heavy atom. The van der Waals surface area contributed by atoms with Crippen LogP contribution in [0.25, 0.3) is 10.8 Å². The summed E-state index contributed by atoms with van der Waals surface area (Å²) < 4.78 is 0. The van der Waals surface area contributed by atoms with E-state index in [1.807, 2.05) is 63.4 Å². The van der Waals surface area contributed by atoms with Crippen molar-refractivity contribution < 1.29 is 9.59 Å². The van der Waals surface area contributed by atoms with E-state index in [1.165, 1.54) is 0 Å². The van der Waals surface area contributed by atoms with Gasteiger partial charge in [0.05, 0.1) is 6.42 Å². The van der Waals surface area contributed by atoms with E-state index in [4.69, 9.17) is 0 Å². The van der Waals surface area contributed by atoms with Gasteiger partial charge in [0.15, 0.2) is 0 Å². The van der Waals surface area contributed by atoms with Gasteiger partial charge in [0.1, 0.15) is 6.04 Å². The van der Waals surface area contributed by atoms with Crippen LogP contribution in [0.15, 0.2) is 42.5 Å². The summed E-state index contributed by atoms with van der Waals surface area (Å²) in [5.41, 5.74) is 0.943. The van der Waals surface area contributed by atoms with Crippen molar-refractivity contribution in [1.82, 2.24) is 16.0 Å². The van der Waals surface area contributed by atoms with Crippen LogP contribution in [0.3, 0.4) is 0 Å². The van der Waals surface area contributed by atoms with E-state index in [1.54, 1.807) is 0 Å². The molecule has 140 valence electrons. The van der Waals surface area contributed by atoms with Gasteiger partial charge in [0.2, 0.25) is 11.8 Å². The van der Waals surface area contributed by atoms with Gasteiger partial charge in [0.25, 0.3) is 0 Å². The van der Waals surface area contributed by atoms with Crippen molar-refractivity contribution >= 4 is 22.6 Å². The Hall–Kier alpha value is -2.40. The predicted molar refractivity (Wildman–Crippen MR) is 106 cm³/mol. The molecule has 0 aromatic heterocycles. The minimum atomic E-state index is -0.516. The smallest absolute Gasteiger partial charge is 0.242 e. The highest BCUT2D eigenvalue weighted by atomic mass is 16.2. The number of rotatable bonds is 9. The maximum absolute atomic E-state index is 12.4. The first kappa shape index (κ1) is 19.9. The number of carbonyl (C=O) groups excluding carboxylic acids is 2. The predicted octanol–water partition coefficient (Wildman–Crippen LogP) is 2.25. The summed E-state index contributed by atoms with van der Waals surface area (Å²) in [6.07, 6.45) is 1.12. The minimum absolute atomic E-state index is 0.0276. The Morgan fingerprint density at radius 2 is 1.73 bits per heavy atom. The molecule has 0 aliphatic rings. The van der Waals surface area contributed by atoms with Gasteiger partial charge in [0, 0.05) is 6.54 Å². The molecular formula is C21H29N3O2. The molecular weight excluding hydrogens is 326 g/mol. The van der Waals surface area contributed by atoms with Gasteiger partial charge in [-0.2, -0.15) is 0 Å². The zero-order valence-corrected chi connectivity index (χ0v) is 15.8. The summed E-state index contributed by atoms with van der Waals surface area (Å²) in [6.45, 7) is 5.33. The second-order valence-corrected chi connectivity index (χ2v) is 6.90. The van der Waals surface area contributed by atoms with E-state index >= 15 is 0 Å². The van der Waals surface area contributed by atoms with Crippen LogP contribution in [0.1, 0.15) is 25.8 Å². The first-order valence-electron chi connectivity index (χ1n) is 9.20. The molecule has 2 rings (SSSR count). The lowest BCUT2D eigenvalue weighted by Crippen LogP contribution is -2.50. The lowest BCUT2D eigenvalue weighted by Gasteiger charge is -2.22. The van der Waals surface area contributed by atoms with Crippen molar-refractivity contribution in [3.63, 3.8) is 0 Å². The molecule has 0 saturated heterocycles. The third-order valence-electron chi connectivity index (χ3n) is 4.35. The molecule has 1 atom stereocenters. The molecule has 0 aliphatic carbocycles. The Bertz CT molecular complexity index is 743. The molecule has 1 unspecified atom stereocenters. The average Bonchev–Trinajstić information content (AvgIpc) is 2.62. The molecule has 0 fully saturated rings. The highest BCUT2D eigenvalue weighted by molar-refractivity contribution is 5.89. The quantitative estimate of drug-likeness (QED) is 0.604. The largest absolute Gasteiger partial charge is 0.354 e. The molecule has 2 aromatic carbocycles. The number of benzene rings is 2. The van der Waals surface area contributed by atoms with Crippen molar-refractivity contribution in [3.05, 3.63) is 48.0 Å². The monoisotopic (exact) mass is 355 g/mol. The number of hydrogen-bond acceptors (Lipinski definition) is 3. The van der Waals surface area contributed by atoms with Gasteiger partial charge in [-0.25, -0.2) is 0 Å². The van der Waals surface area contributed by atoms with E-state index in [0.717, 1.165) is 29.3 Å². The third-order valence-corrected chi connectivity index (χ3v) is 4.35. The second kappa shape index (κ2) is 9.92. The third kappa shape index (κ3) is 5.85. The zero-order valence-electron chi connectivity index (χ0n) is 15.8. The van der Waals surface area contributed by atoms with Crippen LogP contribution >= 0.6 is 0 Å². The number of amides is 2. The summed E-state index contributed by atoms with van der Waals surface area (Å²) in [5, 5.41) is 11.1. The summed E-state index contributed by atoms with van der Waals surface area (Å²) in [5.74, 6) is -0.229. The first-order chi connectivity index (χ1) is 12.5. The van der Waals surface area contributed by atoms with Gasteiger partial charge >= 0.3 is 0 Å². The molecule has 5 heteroatoms. The van der Waals surface area contributed by atoms with Crippen molar-refractivity contribution in [2.45, 2.75) is 32.7 Å².